The molecular formula is C21H21NO2. The number of fused-ring (bicyclic) bond motifs is 1. The fourth-order valence-electron chi connectivity index (χ4n) is 3.21. The normalized spacial score (nSPS) is 17.8. The third kappa shape index (κ3) is 2.95. The van der Waals surface area contributed by atoms with E-state index in [1.165, 1.54) is 11.1 Å². The summed E-state index contributed by atoms with van der Waals surface area (Å²) < 4.78 is 11.5. The summed E-state index contributed by atoms with van der Waals surface area (Å²) in [5, 5.41) is 0. The molecule has 2 aromatic carbocycles. The van der Waals surface area contributed by atoms with Gasteiger partial charge in [0.1, 0.15) is 11.9 Å². The second-order valence-corrected chi connectivity index (χ2v) is 6.18. The molecule has 1 aliphatic heterocycles. The number of hydrogen-bond donors (Lipinski definition) is 0. The fraction of sp³-hybridized carbons (Fsp3) is 0.238. The lowest BCUT2D eigenvalue weighted by molar-refractivity contribution is 0.152. The van der Waals surface area contributed by atoms with Gasteiger partial charge >= 0.3 is 0 Å². The van der Waals surface area contributed by atoms with Crippen molar-refractivity contribution in [2.75, 3.05) is 13.1 Å². The van der Waals surface area contributed by atoms with Crippen molar-refractivity contribution in [3.63, 3.8) is 0 Å². The summed E-state index contributed by atoms with van der Waals surface area (Å²) in [5.74, 6) is 0.998. The van der Waals surface area contributed by atoms with Gasteiger partial charge in [-0.05, 0) is 29.8 Å². The maximum atomic E-state index is 6.35. The molecule has 0 saturated heterocycles. The molecule has 2 heterocycles. The molecule has 0 aliphatic carbocycles. The molecule has 1 unspecified atom stereocenters. The lowest BCUT2D eigenvalue weighted by Gasteiger charge is -2.23. The summed E-state index contributed by atoms with van der Waals surface area (Å²) in [6, 6.07) is 18.9. The molecule has 122 valence electrons. The average Bonchev–Trinajstić information content (AvgIpc) is 3.09. The maximum absolute atomic E-state index is 6.35. The van der Waals surface area contributed by atoms with Gasteiger partial charge in [-0.15, -0.1) is 0 Å². The Balaban J connectivity index is 1.63. The summed E-state index contributed by atoms with van der Waals surface area (Å²) in [7, 11) is 0. The van der Waals surface area contributed by atoms with Crippen molar-refractivity contribution < 1.29 is 9.15 Å². The van der Waals surface area contributed by atoms with E-state index in [2.05, 4.69) is 54.3 Å². The summed E-state index contributed by atoms with van der Waals surface area (Å²) >= 11 is 0. The van der Waals surface area contributed by atoms with E-state index >= 15 is 0 Å². The first kappa shape index (κ1) is 15.0. The Morgan fingerprint density at radius 3 is 2.58 bits per heavy atom. The number of para-hydroxylation sites is 1. The molecule has 3 nitrogen and oxygen atoms in total. The van der Waals surface area contributed by atoms with E-state index in [1.807, 2.05) is 12.1 Å². The van der Waals surface area contributed by atoms with Crippen LogP contribution >= 0.6 is 0 Å². The molecule has 1 aliphatic rings. The SMILES string of the molecule is CCN1Cc2ccccc2OC(c2ccc(-c3ccoc3)cc2)C1. The lowest BCUT2D eigenvalue weighted by atomic mass is 10.0. The Bertz CT molecular complexity index is 793. The maximum Gasteiger partial charge on any atom is 0.136 e. The molecule has 0 saturated carbocycles. The molecule has 0 N–H and O–H groups in total. The molecule has 24 heavy (non-hydrogen) atoms. The van der Waals surface area contributed by atoms with Crippen molar-refractivity contribution in [1.29, 1.82) is 0 Å². The van der Waals surface area contributed by atoms with Crippen molar-refractivity contribution in [3.8, 4) is 16.9 Å². The van der Waals surface area contributed by atoms with Gasteiger partial charge in [-0.2, -0.15) is 0 Å². The Hall–Kier alpha value is -2.52. The molecule has 0 radical (unpaired) electrons. The summed E-state index contributed by atoms with van der Waals surface area (Å²) in [4.78, 5) is 2.43. The van der Waals surface area contributed by atoms with Crippen LogP contribution in [0.2, 0.25) is 0 Å². The van der Waals surface area contributed by atoms with Crippen LogP contribution in [0.25, 0.3) is 11.1 Å². The predicted octanol–water partition coefficient (Wildman–Crippen LogP) is 4.90. The molecule has 4 rings (SSSR count). The van der Waals surface area contributed by atoms with E-state index in [0.29, 0.717) is 0 Å². The third-order valence-electron chi connectivity index (χ3n) is 4.64. The minimum Gasteiger partial charge on any atom is -0.484 e. The minimum atomic E-state index is 0.0481. The van der Waals surface area contributed by atoms with Gasteiger partial charge in [0.25, 0.3) is 0 Å². The topological polar surface area (TPSA) is 25.6 Å². The highest BCUT2D eigenvalue weighted by molar-refractivity contribution is 5.62. The molecular weight excluding hydrogens is 298 g/mol. The Morgan fingerprint density at radius 2 is 1.83 bits per heavy atom. The molecule has 0 amide bonds. The minimum absolute atomic E-state index is 0.0481. The second kappa shape index (κ2) is 6.54. The van der Waals surface area contributed by atoms with Crippen LogP contribution in [0.5, 0.6) is 5.75 Å². The van der Waals surface area contributed by atoms with Gasteiger partial charge in [0.2, 0.25) is 0 Å². The molecule has 0 bridgehead atoms. The van der Waals surface area contributed by atoms with E-state index < -0.39 is 0 Å². The first-order valence-electron chi connectivity index (χ1n) is 8.43. The van der Waals surface area contributed by atoms with Crippen LogP contribution in [-0.2, 0) is 6.54 Å². The standard InChI is InChI=1S/C21H21NO2/c1-2-22-13-18-5-3-4-6-20(18)24-21(14-22)17-9-7-16(8-10-17)19-11-12-23-15-19/h3-12,15,21H,2,13-14H2,1H3. The van der Waals surface area contributed by atoms with E-state index in [4.69, 9.17) is 9.15 Å². The third-order valence-corrected chi connectivity index (χ3v) is 4.64. The number of ether oxygens (including phenoxy) is 1. The smallest absolute Gasteiger partial charge is 0.136 e. The highest BCUT2D eigenvalue weighted by Crippen LogP contribution is 2.31. The predicted molar refractivity (Wildman–Crippen MR) is 94.9 cm³/mol. The van der Waals surface area contributed by atoms with Gasteiger partial charge in [0.15, 0.2) is 0 Å². The van der Waals surface area contributed by atoms with Crippen molar-refractivity contribution in [2.45, 2.75) is 19.6 Å². The van der Waals surface area contributed by atoms with Crippen molar-refractivity contribution in [2.24, 2.45) is 0 Å². The van der Waals surface area contributed by atoms with Crippen LogP contribution in [0.3, 0.4) is 0 Å². The molecule has 0 fully saturated rings. The molecule has 3 heteroatoms. The zero-order valence-electron chi connectivity index (χ0n) is 13.8. The number of rotatable bonds is 3. The number of benzene rings is 2. The van der Waals surface area contributed by atoms with E-state index in [1.54, 1.807) is 12.5 Å². The molecule has 3 aromatic rings. The molecule has 1 aromatic heterocycles. The van der Waals surface area contributed by atoms with Crippen LogP contribution in [0, 0.1) is 0 Å². The summed E-state index contributed by atoms with van der Waals surface area (Å²) in [6.45, 7) is 5.06. The van der Waals surface area contributed by atoms with E-state index in [9.17, 15) is 0 Å². The van der Waals surface area contributed by atoms with E-state index in [0.717, 1.165) is 36.5 Å². The molecule has 1 atom stereocenters. The molecule has 0 spiro atoms. The first-order valence-corrected chi connectivity index (χ1v) is 8.43. The van der Waals surface area contributed by atoms with Crippen molar-refractivity contribution in [1.82, 2.24) is 4.90 Å². The largest absolute Gasteiger partial charge is 0.484 e. The van der Waals surface area contributed by atoms with Crippen LogP contribution < -0.4 is 4.74 Å². The van der Waals surface area contributed by atoms with Gasteiger partial charge in [-0.25, -0.2) is 0 Å². The number of likely N-dealkylation sites (N-methyl/N-ethyl adjacent to an activating group) is 1. The summed E-state index contributed by atoms with van der Waals surface area (Å²) in [5.41, 5.74) is 4.73. The van der Waals surface area contributed by atoms with Crippen molar-refractivity contribution >= 4 is 0 Å². The lowest BCUT2D eigenvalue weighted by Crippen LogP contribution is -2.27. The highest BCUT2D eigenvalue weighted by Gasteiger charge is 2.23. The second-order valence-electron chi connectivity index (χ2n) is 6.18. The van der Waals surface area contributed by atoms with Crippen LogP contribution in [0.4, 0.5) is 0 Å². The number of furan rings is 1. The fourth-order valence-corrected chi connectivity index (χ4v) is 3.21. The quantitative estimate of drug-likeness (QED) is 0.686. The zero-order valence-corrected chi connectivity index (χ0v) is 13.8. The first-order chi connectivity index (χ1) is 11.8. The van der Waals surface area contributed by atoms with Crippen LogP contribution in [-0.4, -0.2) is 18.0 Å². The van der Waals surface area contributed by atoms with E-state index in [-0.39, 0.29) is 6.10 Å². The van der Waals surface area contributed by atoms with Gasteiger partial charge in [-0.3, -0.25) is 4.90 Å². The van der Waals surface area contributed by atoms with Gasteiger partial charge < -0.3 is 9.15 Å². The summed E-state index contributed by atoms with van der Waals surface area (Å²) in [6.07, 6.45) is 3.52. The average molecular weight is 319 g/mol. The number of nitrogens with zero attached hydrogens (tertiary/aromatic N) is 1. The van der Waals surface area contributed by atoms with Gasteiger partial charge in [0.05, 0.1) is 12.5 Å². The zero-order chi connectivity index (χ0) is 16.4. The monoisotopic (exact) mass is 319 g/mol. The van der Waals surface area contributed by atoms with Crippen molar-refractivity contribution in [3.05, 3.63) is 78.3 Å². The Kier molecular flexibility index (Phi) is 4.09. The van der Waals surface area contributed by atoms with Gasteiger partial charge in [-0.1, -0.05) is 49.4 Å². The van der Waals surface area contributed by atoms with Crippen LogP contribution in [0.1, 0.15) is 24.2 Å². The Labute approximate surface area is 142 Å². The Morgan fingerprint density at radius 1 is 1.00 bits per heavy atom. The van der Waals surface area contributed by atoms with Gasteiger partial charge in [0, 0.05) is 24.2 Å². The highest BCUT2D eigenvalue weighted by atomic mass is 16.5. The van der Waals surface area contributed by atoms with Crippen LogP contribution in [0.15, 0.2) is 71.5 Å². The number of hydrogen-bond acceptors (Lipinski definition) is 3.